The standard InChI is InChI=1S/C23H13N5O2/c29-28(30)18-10-6-9-17(15-18)22-25-26-23-20(14-13-16-7-2-1-3-8-16)24-19-11-4-5-12-21(19)27(22)23/h1-12,15H. The zero-order chi connectivity index (χ0) is 20.5. The van der Waals surface area contributed by atoms with Gasteiger partial charge in [0.2, 0.25) is 0 Å². The Morgan fingerprint density at radius 1 is 0.867 bits per heavy atom. The predicted octanol–water partition coefficient (Wildman–Crippen LogP) is 4.25. The van der Waals surface area contributed by atoms with E-state index in [1.807, 2.05) is 59.0 Å². The van der Waals surface area contributed by atoms with E-state index in [0.717, 1.165) is 16.6 Å². The monoisotopic (exact) mass is 391 g/mol. The van der Waals surface area contributed by atoms with Crippen molar-refractivity contribution in [1.82, 2.24) is 19.6 Å². The Hall–Kier alpha value is -4.57. The van der Waals surface area contributed by atoms with Crippen molar-refractivity contribution in [2.24, 2.45) is 0 Å². The Kier molecular flexibility index (Phi) is 4.15. The second kappa shape index (κ2) is 7.11. The molecule has 0 atom stereocenters. The average Bonchev–Trinajstić information content (AvgIpc) is 3.24. The maximum absolute atomic E-state index is 11.2. The van der Waals surface area contributed by atoms with Gasteiger partial charge in [0.25, 0.3) is 5.69 Å². The topological polar surface area (TPSA) is 86.2 Å². The van der Waals surface area contributed by atoms with Crippen molar-refractivity contribution in [3.63, 3.8) is 0 Å². The molecule has 0 unspecified atom stereocenters. The Morgan fingerprint density at radius 2 is 1.67 bits per heavy atom. The third kappa shape index (κ3) is 3.02. The molecule has 0 spiro atoms. The lowest BCUT2D eigenvalue weighted by Gasteiger charge is -2.06. The molecule has 0 radical (unpaired) electrons. The summed E-state index contributed by atoms with van der Waals surface area (Å²) in [6.07, 6.45) is 0. The number of hydrogen-bond donors (Lipinski definition) is 0. The number of fused-ring (bicyclic) bond motifs is 3. The van der Waals surface area contributed by atoms with Crippen molar-refractivity contribution in [1.29, 1.82) is 0 Å². The molecule has 0 amide bonds. The van der Waals surface area contributed by atoms with Crippen LogP contribution in [-0.4, -0.2) is 24.5 Å². The Labute approximate surface area is 170 Å². The molecule has 7 heteroatoms. The zero-order valence-corrected chi connectivity index (χ0v) is 15.6. The average molecular weight is 391 g/mol. The molecule has 7 nitrogen and oxygen atoms in total. The minimum absolute atomic E-state index is 0.00768. The van der Waals surface area contributed by atoms with Crippen LogP contribution in [0.15, 0.2) is 78.9 Å². The summed E-state index contributed by atoms with van der Waals surface area (Å²) in [6, 6.07) is 23.5. The second-order valence-electron chi connectivity index (χ2n) is 6.56. The van der Waals surface area contributed by atoms with Crippen molar-refractivity contribution in [3.05, 3.63) is 100 Å². The highest BCUT2D eigenvalue weighted by atomic mass is 16.6. The summed E-state index contributed by atoms with van der Waals surface area (Å²) in [5, 5.41) is 19.8. The van der Waals surface area contributed by atoms with Gasteiger partial charge in [-0.05, 0) is 30.2 Å². The quantitative estimate of drug-likeness (QED) is 0.255. The van der Waals surface area contributed by atoms with Crippen molar-refractivity contribution >= 4 is 22.4 Å². The van der Waals surface area contributed by atoms with Crippen molar-refractivity contribution in [2.75, 3.05) is 0 Å². The summed E-state index contributed by atoms with van der Waals surface area (Å²) in [4.78, 5) is 15.4. The summed E-state index contributed by atoms with van der Waals surface area (Å²) in [5.74, 6) is 6.70. The maximum atomic E-state index is 11.2. The van der Waals surface area contributed by atoms with Gasteiger partial charge in [-0.25, -0.2) is 4.98 Å². The van der Waals surface area contributed by atoms with Gasteiger partial charge in [-0.1, -0.05) is 48.4 Å². The van der Waals surface area contributed by atoms with Crippen LogP contribution in [0.5, 0.6) is 0 Å². The molecule has 0 N–H and O–H groups in total. The lowest BCUT2D eigenvalue weighted by atomic mass is 10.2. The van der Waals surface area contributed by atoms with Gasteiger partial charge in [-0.3, -0.25) is 14.5 Å². The highest BCUT2D eigenvalue weighted by molar-refractivity contribution is 5.82. The number of nitro benzene ring substituents is 1. The maximum Gasteiger partial charge on any atom is 0.270 e. The van der Waals surface area contributed by atoms with E-state index in [4.69, 9.17) is 0 Å². The van der Waals surface area contributed by atoms with E-state index in [1.54, 1.807) is 12.1 Å². The fourth-order valence-electron chi connectivity index (χ4n) is 3.27. The first-order chi connectivity index (χ1) is 14.7. The van der Waals surface area contributed by atoms with Crippen LogP contribution in [0.1, 0.15) is 11.3 Å². The molecule has 0 bridgehead atoms. The van der Waals surface area contributed by atoms with Crippen LogP contribution in [0.2, 0.25) is 0 Å². The van der Waals surface area contributed by atoms with Crippen molar-refractivity contribution < 1.29 is 4.92 Å². The van der Waals surface area contributed by atoms with Gasteiger partial charge in [0.05, 0.1) is 16.0 Å². The normalized spacial score (nSPS) is 10.7. The van der Waals surface area contributed by atoms with Crippen molar-refractivity contribution in [3.8, 4) is 23.2 Å². The van der Waals surface area contributed by atoms with Crippen LogP contribution in [-0.2, 0) is 0 Å². The van der Waals surface area contributed by atoms with E-state index in [9.17, 15) is 10.1 Å². The van der Waals surface area contributed by atoms with Crippen molar-refractivity contribution in [2.45, 2.75) is 0 Å². The van der Waals surface area contributed by atoms with Gasteiger partial charge in [-0.15, -0.1) is 10.2 Å². The van der Waals surface area contributed by atoms with E-state index in [0.29, 0.717) is 22.7 Å². The molecule has 5 aromatic rings. The third-order valence-electron chi connectivity index (χ3n) is 4.64. The molecule has 2 heterocycles. The van der Waals surface area contributed by atoms with Gasteiger partial charge in [-0.2, -0.15) is 0 Å². The number of nitrogens with zero attached hydrogens (tertiary/aromatic N) is 5. The molecule has 5 rings (SSSR count). The minimum atomic E-state index is -0.427. The van der Waals surface area contributed by atoms with Crippen LogP contribution in [0.4, 0.5) is 5.69 Å². The molecule has 142 valence electrons. The number of benzene rings is 3. The van der Waals surface area contributed by atoms with Crippen LogP contribution < -0.4 is 0 Å². The summed E-state index contributed by atoms with van der Waals surface area (Å²) in [7, 11) is 0. The predicted molar refractivity (Wildman–Crippen MR) is 113 cm³/mol. The fraction of sp³-hybridized carbons (Fsp3) is 0. The molecule has 30 heavy (non-hydrogen) atoms. The van der Waals surface area contributed by atoms with Gasteiger partial charge in [0.1, 0.15) is 0 Å². The Balaban J connectivity index is 1.77. The molecule has 0 aliphatic rings. The molecule has 0 saturated carbocycles. The first kappa shape index (κ1) is 17.5. The Bertz CT molecular complexity index is 1480. The number of hydrogen-bond acceptors (Lipinski definition) is 5. The summed E-state index contributed by atoms with van der Waals surface area (Å²) >= 11 is 0. The van der Waals surface area contributed by atoms with Gasteiger partial charge < -0.3 is 0 Å². The lowest BCUT2D eigenvalue weighted by molar-refractivity contribution is -0.384. The lowest BCUT2D eigenvalue weighted by Crippen LogP contribution is -1.98. The SMILES string of the molecule is O=[N+]([O-])c1cccc(-c2nnc3c(C#Cc4ccccc4)nc4ccccc4n23)c1. The van der Waals surface area contributed by atoms with Crippen LogP contribution in [0.25, 0.3) is 28.1 Å². The van der Waals surface area contributed by atoms with Gasteiger partial charge in [0.15, 0.2) is 17.2 Å². The van der Waals surface area contributed by atoms with E-state index < -0.39 is 4.92 Å². The molecular formula is C23H13N5O2. The number of nitro groups is 1. The molecule has 0 saturated heterocycles. The number of aromatic nitrogens is 4. The fourth-order valence-corrected chi connectivity index (χ4v) is 3.27. The van der Waals surface area contributed by atoms with Crippen LogP contribution >= 0.6 is 0 Å². The summed E-state index contributed by atoms with van der Waals surface area (Å²) in [6.45, 7) is 0. The number of rotatable bonds is 2. The first-order valence-corrected chi connectivity index (χ1v) is 9.16. The highest BCUT2D eigenvalue weighted by Crippen LogP contribution is 2.26. The molecule has 2 aromatic heterocycles. The third-order valence-corrected chi connectivity index (χ3v) is 4.64. The molecule has 0 aliphatic carbocycles. The molecule has 3 aromatic carbocycles. The van der Waals surface area contributed by atoms with E-state index in [-0.39, 0.29) is 5.69 Å². The van der Waals surface area contributed by atoms with E-state index in [1.165, 1.54) is 12.1 Å². The summed E-state index contributed by atoms with van der Waals surface area (Å²) < 4.78 is 1.84. The number of para-hydroxylation sites is 2. The first-order valence-electron chi connectivity index (χ1n) is 9.16. The van der Waals surface area contributed by atoms with Crippen LogP contribution in [0, 0.1) is 22.0 Å². The minimum Gasteiger partial charge on any atom is -0.271 e. The van der Waals surface area contributed by atoms with Gasteiger partial charge >= 0.3 is 0 Å². The molecular weight excluding hydrogens is 378 g/mol. The second-order valence-corrected chi connectivity index (χ2v) is 6.56. The van der Waals surface area contributed by atoms with Gasteiger partial charge in [0, 0.05) is 23.3 Å². The van der Waals surface area contributed by atoms with E-state index in [2.05, 4.69) is 27.0 Å². The van der Waals surface area contributed by atoms with E-state index >= 15 is 0 Å². The molecule has 0 aliphatic heterocycles. The zero-order valence-electron chi connectivity index (χ0n) is 15.6. The smallest absolute Gasteiger partial charge is 0.270 e. The molecule has 0 fully saturated rings. The largest absolute Gasteiger partial charge is 0.271 e. The number of non-ortho nitro benzene ring substituents is 1. The summed E-state index contributed by atoms with van der Waals surface area (Å²) in [5.41, 5.74) is 3.96. The highest BCUT2D eigenvalue weighted by Gasteiger charge is 2.17. The van der Waals surface area contributed by atoms with Crippen LogP contribution in [0.3, 0.4) is 0 Å². The Morgan fingerprint density at radius 3 is 2.50 bits per heavy atom.